The maximum atomic E-state index is 13.6. The molecule has 16 nitrogen and oxygen atoms in total. The smallest absolute Gasteiger partial charge is 0.346 e. The summed E-state index contributed by atoms with van der Waals surface area (Å²) in [7, 11) is 1.69. The molecule has 272 valence electrons. The first-order valence-corrected chi connectivity index (χ1v) is 17.0. The van der Waals surface area contributed by atoms with Crippen LogP contribution >= 0.6 is 0 Å². The largest absolute Gasteiger partial charge is 0.351 e. The summed E-state index contributed by atoms with van der Waals surface area (Å²) in [6.07, 6.45) is 4.11. The van der Waals surface area contributed by atoms with Crippen LogP contribution in [0.4, 0.5) is 11.5 Å². The number of amides is 5. The van der Waals surface area contributed by atoms with Gasteiger partial charge in [0.25, 0.3) is 23.6 Å². The van der Waals surface area contributed by atoms with Crippen LogP contribution in [-0.2, 0) is 7.05 Å². The minimum absolute atomic E-state index is 0.00677. The number of hydrogen-bond donors (Lipinski definition) is 9. The number of imidazole rings is 1. The van der Waals surface area contributed by atoms with E-state index < -0.39 is 23.6 Å². The third-order valence-electron chi connectivity index (χ3n) is 8.92. The number of aromatic nitrogens is 4. The van der Waals surface area contributed by atoms with Crippen LogP contribution < -0.4 is 37.7 Å². The topological polar surface area (TPSA) is 249 Å². The van der Waals surface area contributed by atoms with Gasteiger partial charge in [0.15, 0.2) is 5.82 Å². The number of rotatable bonds is 12. The summed E-state index contributed by atoms with van der Waals surface area (Å²) in [4.78, 5) is 75.4. The molecule has 3 heterocycles. The van der Waals surface area contributed by atoms with Crippen LogP contribution in [0.5, 0.6) is 0 Å². The number of anilines is 2. The molecule has 5 amide bonds. The molecule has 7 aromatic rings. The van der Waals surface area contributed by atoms with Crippen LogP contribution in [-0.4, -0.2) is 68.1 Å². The number of carbonyl (C=O) groups excluding carboxylic acids is 5. The Hall–Kier alpha value is -7.49. The molecule has 0 radical (unpaired) electrons. The monoisotopic (exact) mass is 726 g/mol. The number of nitrogens with one attached hydrogen (secondary N) is 7. The number of aryl methyl sites for hydroxylation is 1. The fourth-order valence-electron chi connectivity index (χ4n) is 6.37. The van der Waals surface area contributed by atoms with Crippen molar-refractivity contribution in [2.75, 3.05) is 23.7 Å². The molecule has 0 spiro atoms. The van der Waals surface area contributed by atoms with Crippen molar-refractivity contribution < 1.29 is 29.0 Å². The third-order valence-corrected chi connectivity index (χ3v) is 8.92. The van der Waals surface area contributed by atoms with E-state index in [0.29, 0.717) is 37.2 Å². The highest BCUT2D eigenvalue weighted by molar-refractivity contribution is 6.27. The van der Waals surface area contributed by atoms with Crippen molar-refractivity contribution in [3.63, 3.8) is 0 Å². The van der Waals surface area contributed by atoms with E-state index in [4.69, 9.17) is 11.5 Å². The number of nitrogens with two attached hydrogens (primary N) is 2. The molecule has 0 fully saturated rings. The van der Waals surface area contributed by atoms with Gasteiger partial charge < -0.3 is 35.8 Å². The Morgan fingerprint density at radius 1 is 0.741 bits per heavy atom. The molecule has 0 atom stereocenters. The number of nitrogens with zero attached hydrogens (tertiary/aromatic N) is 2. The fraction of sp³-hybridized carbons (Fsp3) is 0.132. The van der Waals surface area contributed by atoms with Crippen molar-refractivity contribution in [3.8, 4) is 0 Å². The molecule has 54 heavy (non-hydrogen) atoms. The quantitative estimate of drug-likeness (QED) is 0.0389. The second-order valence-electron chi connectivity index (χ2n) is 12.7. The second kappa shape index (κ2) is 14.6. The lowest BCUT2D eigenvalue weighted by Gasteiger charge is -2.13. The summed E-state index contributed by atoms with van der Waals surface area (Å²) in [5.41, 5.74) is 12.1. The molecule has 0 aliphatic heterocycles. The first-order valence-electron chi connectivity index (χ1n) is 17.0. The van der Waals surface area contributed by atoms with E-state index >= 15 is 0 Å². The van der Waals surface area contributed by atoms with Crippen LogP contribution in [0.3, 0.4) is 0 Å². The normalized spacial score (nSPS) is 11.1. The van der Waals surface area contributed by atoms with Crippen LogP contribution in [0, 0.1) is 0 Å². The van der Waals surface area contributed by atoms with Crippen LogP contribution in [0.15, 0.2) is 85.2 Å². The van der Waals surface area contributed by atoms with E-state index in [1.807, 2.05) is 30.3 Å². The Morgan fingerprint density at radius 2 is 1.41 bits per heavy atom. The summed E-state index contributed by atoms with van der Waals surface area (Å²) in [5, 5.41) is 17.4. The Balaban J connectivity index is 0.888. The fourth-order valence-corrected chi connectivity index (χ4v) is 6.37. The van der Waals surface area contributed by atoms with Crippen LogP contribution in [0.1, 0.15) is 65.3 Å². The molecular weight excluding hydrogens is 690 g/mol. The molecule has 0 bridgehead atoms. The molecular formula is C38H36N11O5+. The molecule has 0 saturated carbocycles. The average molecular weight is 727 g/mol. The zero-order chi connectivity index (χ0) is 37.9. The maximum absolute atomic E-state index is 13.6. The van der Waals surface area contributed by atoms with Crippen LogP contribution in [0.2, 0.25) is 0 Å². The highest BCUT2D eigenvalue weighted by atomic mass is 16.2. The predicted molar refractivity (Wildman–Crippen MR) is 203 cm³/mol. The average Bonchev–Trinajstić information content (AvgIpc) is 3.92. The van der Waals surface area contributed by atoms with Crippen molar-refractivity contribution in [1.82, 2.24) is 30.2 Å². The molecule has 11 N–H and O–H groups in total. The minimum atomic E-state index is -0.569. The molecule has 3 aromatic heterocycles. The van der Waals surface area contributed by atoms with E-state index in [9.17, 15) is 24.0 Å². The first-order chi connectivity index (χ1) is 26.0. The third kappa shape index (κ3) is 7.16. The summed E-state index contributed by atoms with van der Waals surface area (Å²) in [5.74, 6) is -2.25. The summed E-state index contributed by atoms with van der Waals surface area (Å²) < 4.78 is 1.59. The molecule has 0 unspecified atom stereocenters. The van der Waals surface area contributed by atoms with Crippen molar-refractivity contribution >= 4 is 79.3 Å². The number of hydrogen-bond acceptors (Lipinski definition) is 6. The number of H-pyrrole nitrogens is 2. The number of unbranched alkanes of at least 4 members (excludes halogenated alkanes) is 1. The molecule has 0 aliphatic rings. The Labute approximate surface area is 306 Å². The van der Waals surface area contributed by atoms with E-state index in [1.54, 1.807) is 23.9 Å². The van der Waals surface area contributed by atoms with Gasteiger partial charge in [-0.2, -0.15) is 0 Å². The summed E-state index contributed by atoms with van der Waals surface area (Å²) in [6, 6.07) is 22.5. The van der Waals surface area contributed by atoms with Gasteiger partial charge in [-0.15, -0.1) is 0 Å². The standard InChI is InChI=1S/C38H35N11O5/c1-49-19-23(44-33(50)25-12-10-22-8-7-20-5-4-6-21-9-11-24(25)31(22)30(20)21)17-28(49)36(53)47-29-18-43-32(46-29)37(54)42-16-3-2-15-41-34(51)26-13-14-27(45-26)35(52)48-38(39)40/h4-14,17-19,45H,2-3,15-16H2,1H3,(H,41,51)(H,42,54)(H,43,46)(H,44,50)(H,47,53)(H4,39,40,48,52)/p+1. The van der Waals surface area contributed by atoms with E-state index in [1.165, 1.54) is 18.3 Å². The first kappa shape index (κ1) is 34.9. The molecule has 7 rings (SSSR count). The predicted octanol–water partition coefficient (Wildman–Crippen LogP) is 1.91. The van der Waals surface area contributed by atoms with Crippen molar-refractivity contribution in [2.24, 2.45) is 18.5 Å². The zero-order valence-corrected chi connectivity index (χ0v) is 29.0. The van der Waals surface area contributed by atoms with Gasteiger partial charge >= 0.3 is 11.9 Å². The van der Waals surface area contributed by atoms with E-state index in [0.717, 1.165) is 32.3 Å². The highest BCUT2D eigenvalue weighted by Crippen LogP contribution is 2.36. The summed E-state index contributed by atoms with van der Waals surface area (Å²) in [6.45, 7) is 0.646. The van der Waals surface area contributed by atoms with Crippen molar-refractivity contribution in [2.45, 2.75) is 12.8 Å². The maximum Gasteiger partial charge on any atom is 0.346 e. The van der Waals surface area contributed by atoms with E-state index in [2.05, 4.69) is 65.5 Å². The number of guanidine groups is 1. The highest BCUT2D eigenvalue weighted by Gasteiger charge is 2.19. The molecule has 4 aromatic carbocycles. The zero-order valence-electron chi connectivity index (χ0n) is 29.0. The van der Waals surface area contributed by atoms with Crippen molar-refractivity contribution in [3.05, 3.63) is 114 Å². The molecule has 0 saturated heterocycles. The Morgan fingerprint density at radius 3 is 2.15 bits per heavy atom. The van der Waals surface area contributed by atoms with Gasteiger partial charge in [-0.1, -0.05) is 48.5 Å². The van der Waals surface area contributed by atoms with Crippen molar-refractivity contribution in [1.29, 1.82) is 0 Å². The van der Waals surface area contributed by atoms with Gasteiger partial charge in [0.2, 0.25) is 0 Å². The summed E-state index contributed by atoms with van der Waals surface area (Å²) >= 11 is 0. The van der Waals surface area contributed by atoms with Crippen LogP contribution in [0.25, 0.3) is 32.3 Å². The van der Waals surface area contributed by atoms with E-state index in [-0.39, 0.29) is 40.6 Å². The van der Waals surface area contributed by atoms with Gasteiger partial charge in [-0.05, 0) is 69.4 Å². The molecule has 16 heteroatoms. The lowest BCUT2D eigenvalue weighted by Crippen LogP contribution is -2.81. The Kier molecular flexibility index (Phi) is 9.46. The number of aromatic amines is 2. The van der Waals surface area contributed by atoms with Gasteiger partial charge in [0.1, 0.15) is 22.9 Å². The second-order valence-corrected chi connectivity index (χ2v) is 12.7. The molecule has 0 aliphatic carbocycles. The lowest BCUT2D eigenvalue weighted by molar-refractivity contribution is -0.347. The SMILES string of the molecule is Cn1cc(NC(=O)c2ccc3ccc4cccc5ccc2c3c45)cc1C(=O)Nc1cnc(C(=O)NCCCCNC(=O)c2ccc(C(=O)[NH+]=C(N)N)[nH]2)[nH]1. The van der Waals surface area contributed by atoms with Gasteiger partial charge in [0.05, 0.1) is 11.9 Å². The minimum Gasteiger partial charge on any atom is -0.351 e. The van der Waals surface area contributed by atoms with Gasteiger partial charge in [-0.3, -0.25) is 30.6 Å². The van der Waals surface area contributed by atoms with Gasteiger partial charge in [0, 0.05) is 31.9 Å². The Bertz CT molecular complexity index is 2590. The number of benzene rings is 4. The number of carbonyl (C=O) groups is 5. The van der Waals surface area contributed by atoms with Gasteiger partial charge in [-0.25, -0.2) is 14.8 Å². The lowest BCUT2D eigenvalue weighted by atomic mass is 9.92.